The molecular formula is C13H22N2O2. The van der Waals surface area contributed by atoms with Gasteiger partial charge in [-0.15, -0.1) is 0 Å². The van der Waals surface area contributed by atoms with Crippen LogP contribution in [0.15, 0.2) is 24.3 Å². The Morgan fingerprint density at radius 2 is 2.18 bits per heavy atom. The van der Waals surface area contributed by atoms with Crippen LogP contribution in [0.2, 0.25) is 0 Å². The molecule has 17 heavy (non-hydrogen) atoms. The lowest BCUT2D eigenvalue weighted by Crippen LogP contribution is -2.38. The van der Waals surface area contributed by atoms with Gasteiger partial charge in [0.05, 0.1) is 13.7 Å². The Bertz CT molecular complexity index is 344. The largest absolute Gasteiger partial charge is 0.497 e. The third-order valence-corrected chi connectivity index (χ3v) is 3.15. The van der Waals surface area contributed by atoms with Gasteiger partial charge in [-0.2, -0.15) is 0 Å². The van der Waals surface area contributed by atoms with E-state index in [1.807, 2.05) is 38.2 Å². The van der Waals surface area contributed by atoms with Crippen LogP contribution in [0.25, 0.3) is 0 Å². The van der Waals surface area contributed by atoms with Gasteiger partial charge >= 0.3 is 0 Å². The smallest absolute Gasteiger partial charge is 0.119 e. The van der Waals surface area contributed by atoms with Gasteiger partial charge < -0.3 is 15.6 Å². The summed E-state index contributed by atoms with van der Waals surface area (Å²) in [4.78, 5) is 2.08. The zero-order valence-electron chi connectivity index (χ0n) is 10.8. The van der Waals surface area contributed by atoms with Gasteiger partial charge in [0, 0.05) is 18.6 Å². The summed E-state index contributed by atoms with van der Waals surface area (Å²) in [6.45, 7) is 2.60. The van der Waals surface area contributed by atoms with Crippen LogP contribution in [0.4, 0.5) is 0 Å². The lowest BCUT2D eigenvalue weighted by atomic mass is 10.0. The highest BCUT2D eigenvalue weighted by atomic mass is 16.5. The lowest BCUT2D eigenvalue weighted by Gasteiger charge is -2.31. The molecule has 2 unspecified atom stereocenters. The van der Waals surface area contributed by atoms with Gasteiger partial charge in [0.15, 0.2) is 0 Å². The number of nitrogens with zero attached hydrogens (tertiary/aromatic N) is 1. The van der Waals surface area contributed by atoms with Crippen molar-refractivity contribution in [3.05, 3.63) is 29.8 Å². The van der Waals surface area contributed by atoms with Crippen LogP contribution in [-0.2, 0) is 0 Å². The van der Waals surface area contributed by atoms with E-state index in [0.717, 1.165) is 11.3 Å². The molecule has 0 spiro atoms. The van der Waals surface area contributed by atoms with Crippen molar-refractivity contribution in [2.24, 2.45) is 5.73 Å². The standard InChI is InChI=1S/C13H22N2O2/c1-10(9-16)15(2)13(8-14)11-5-4-6-12(7-11)17-3/h4-7,10,13,16H,8-9,14H2,1-3H3. The topological polar surface area (TPSA) is 58.7 Å². The molecule has 1 aromatic carbocycles. The molecule has 0 bridgehead atoms. The zero-order valence-corrected chi connectivity index (χ0v) is 10.8. The molecule has 0 aliphatic carbocycles. The maximum atomic E-state index is 9.19. The molecule has 1 aromatic rings. The van der Waals surface area contributed by atoms with E-state index >= 15 is 0 Å². The van der Waals surface area contributed by atoms with Crippen LogP contribution in [0.1, 0.15) is 18.5 Å². The van der Waals surface area contributed by atoms with E-state index in [2.05, 4.69) is 4.90 Å². The number of hydrogen-bond donors (Lipinski definition) is 2. The van der Waals surface area contributed by atoms with Gasteiger partial charge in [-0.05, 0) is 31.7 Å². The van der Waals surface area contributed by atoms with Crippen molar-refractivity contribution in [2.45, 2.75) is 19.0 Å². The fourth-order valence-electron chi connectivity index (χ4n) is 1.82. The highest BCUT2D eigenvalue weighted by molar-refractivity contribution is 5.30. The second-order valence-corrected chi connectivity index (χ2v) is 4.23. The van der Waals surface area contributed by atoms with Crippen molar-refractivity contribution in [3.8, 4) is 5.75 Å². The summed E-state index contributed by atoms with van der Waals surface area (Å²) in [5, 5.41) is 9.19. The minimum absolute atomic E-state index is 0.0785. The Kier molecular flexibility index (Phi) is 5.41. The van der Waals surface area contributed by atoms with Gasteiger partial charge in [0.25, 0.3) is 0 Å². The molecule has 0 amide bonds. The molecule has 96 valence electrons. The highest BCUT2D eigenvalue weighted by Crippen LogP contribution is 2.23. The van der Waals surface area contributed by atoms with E-state index in [9.17, 15) is 5.11 Å². The first-order valence-electron chi connectivity index (χ1n) is 5.80. The van der Waals surface area contributed by atoms with E-state index in [0.29, 0.717) is 6.54 Å². The molecule has 0 aliphatic rings. The van der Waals surface area contributed by atoms with Crippen LogP contribution in [0.5, 0.6) is 5.75 Å². The quantitative estimate of drug-likeness (QED) is 0.776. The average molecular weight is 238 g/mol. The van der Waals surface area contributed by atoms with Gasteiger partial charge in [-0.3, -0.25) is 4.90 Å². The van der Waals surface area contributed by atoms with Crippen LogP contribution >= 0.6 is 0 Å². The van der Waals surface area contributed by atoms with Crippen LogP contribution < -0.4 is 10.5 Å². The maximum Gasteiger partial charge on any atom is 0.119 e. The minimum Gasteiger partial charge on any atom is -0.497 e. The summed E-state index contributed by atoms with van der Waals surface area (Å²) in [5.41, 5.74) is 6.93. The van der Waals surface area contributed by atoms with Crippen molar-refractivity contribution < 1.29 is 9.84 Å². The number of likely N-dealkylation sites (N-methyl/N-ethyl adjacent to an activating group) is 1. The third kappa shape index (κ3) is 3.43. The Morgan fingerprint density at radius 1 is 1.47 bits per heavy atom. The summed E-state index contributed by atoms with van der Waals surface area (Å²) in [5.74, 6) is 0.825. The lowest BCUT2D eigenvalue weighted by molar-refractivity contribution is 0.122. The maximum absolute atomic E-state index is 9.19. The fourth-order valence-corrected chi connectivity index (χ4v) is 1.82. The highest BCUT2D eigenvalue weighted by Gasteiger charge is 2.20. The van der Waals surface area contributed by atoms with Crippen LogP contribution in [-0.4, -0.2) is 43.4 Å². The van der Waals surface area contributed by atoms with Crippen molar-refractivity contribution in [2.75, 3.05) is 27.3 Å². The Morgan fingerprint density at radius 3 is 2.71 bits per heavy atom. The minimum atomic E-state index is 0.0785. The molecule has 0 saturated carbocycles. The molecule has 1 rings (SSSR count). The number of benzene rings is 1. The first-order valence-corrected chi connectivity index (χ1v) is 5.80. The molecule has 0 fully saturated rings. The summed E-state index contributed by atoms with van der Waals surface area (Å²) in [6, 6.07) is 8.04. The van der Waals surface area contributed by atoms with E-state index in [1.165, 1.54) is 0 Å². The zero-order chi connectivity index (χ0) is 12.8. The molecular weight excluding hydrogens is 216 g/mol. The average Bonchev–Trinajstić information content (AvgIpc) is 2.38. The Hall–Kier alpha value is -1.10. The van der Waals surface area contributed by atoms with Gasteiger partial charge in [0.2, 0.25) is 0 Å². The Balaban J connectivity index is 2.92. The van der Waals surface area contributed by atoms with Crippen LogP contribution in [0.3, 0.4) is 0 Å². The number of methoxy groups -OCH3 is 1. The molecule has 2 atom stereocenters. The number of ether oxygens (including phenoxy) is 1. The van der Waals surface area contributed by atoms with E-state index in [-0.39, 0.29) is 18.7 Å². The number of nitrogens with two attached hydrogens (primary N) is 1. The number of aliphatic hydroxyl groups excluding tert-OH is 1. The molecule has 0 heterocycles. The molecule has 4 nitrogen and oxygen atoms in total. The molecule has 4 heteroatoms. The fraction of sp³-hybridized carbons (Fsp3) is 0.538. The molecule has 0 radical (unpaired) electrons. The normalized spacial score (nSPS) is 14.7. The third-order valence-electron chi connectivity index (χ3n) is 3.15. The number of rotatable bonds is 6. The summed E-state index contributed by atoms with van der Waals surface area (Å²) >= 11 is 0. The van der Waals surface area contributed by atoms with Crippen molar-refractivity contribution in [1.82, 2.24) is 4.90 Å². The van der Waals surface area contributed by atoms with Gasteiger partial charge in [0.1, 0.15) is 5.75 Å². The van der Waals surface area contributed by atoms with Crippen LogP contribution in [0, 0.1) is 0 Å². The first-order chi connectivity index (χ1) is 8.13. The summed E-state index contributed by atoms with van der Waals surface area (Å²) in [7, 11) is 3.62. The molecule has 0 aliphatic heterocycles. The summed E-state index contributed by atoms with van der Waals surface area (Å²) < 4.78 is 5.21. The van der Waals surface area contributed by atoms with Crippen molar-refractivity contribution >= 4 is 0 Å². The SMILES string of the molecule is COc1cccc(C(CN)N(C)C(C)CO)c1. The van der Waals surface area contributed by atoms with E-state index < -0.39 is 0 Å². The molecule has 0 saturated heterocycles. The second kappa shape index (κ2) is 6.59. The predicted octanol–water partition coefficient (Wildman–Crippen LogP) is 1.01. The number of hydrogen-bond acceptors (Lipinski definition) is 4. The Labute approximate surface area is 103 Å². The van der Waals surface area contributed by atoms with Gasteiger partial charge in [-0.1, -0.05) is 12.1 Å². The van der Waals surface area contributed by atoms with Crippen molar-refractivity contribution in [3.63, 3.8) is 0 Å². The van der Waals surface area contributed by atoms with Crippen molar-refractivity contribution in [1.29, 1.82) is 0 Å². The van der Waals surface area contributed by atoms with E-state index in [1.54, 1.807) is 7.11 Å². The predicted molar refractivity (Wildman–Crippen MR) is 69.1 cm³/mol. The first kappa shape index (κ1) is 14.0. The number of aliphatic hydroxyl groups is 1. The monoisotopic (exact) mass is 238 g/mol. The molecule has 3 N–H and O–H groups in total. The van der Waals surface area contributed by atoms with Gasteiger partial charge in [-0.25, -0.2) is 0 Å². The van der Waals surface area contributed by atoms with E-state index in [4.69, 9.17) is 10.5 Å². The summed E-state index contributed by atoms with van der Waals surface area (Å²) in [6.07, 6.45) is 0. The molecule has 0 aromatic heterocycles. The second-order valence-electron chi connectivity index (χ2n) is 4.23.